The van der Waals surface area contributed by atoms with Gasteiger partial charge in [-0.2, -0.15) is 0 Å². The number of rotatable bonds is 2. The third-order valence-electron chi connectivity index (χ3n) is 2.99. The minimum atomic E-state index is -0.155. The molecule has 2 aromatic rings. The maximum Gasteiger partial charge on any atom is 0.129 e. The van der Waals surface area contributed by atoms with Crippen molar-refractivity contribution in [2.75, 3.05) is 0 Å². The fourth-order valence-electron chi connectivity index (χ4n) is 1.99. The molecule has 0 radical (unpaired) electrons. The van der Waals surface area contributed by atoms with Crippen LogP contribution in [0.4, 0.5) is 4.39 Å². The molecule has 1 unspecified atom stereocenters. The zero-order valence-electron chi connectivity index (χ0n) is 10.5. The van der Waals surface area contributed by atoms with E-state index in [1.54, 1.807) is 19.9 Å². The number of benzene rings is 2. The lowest BCUT2D eigenvalue weighted by Crippen LogP contribution is -1.97. The van der Waals surface area contributed by atoms with Crippen LogP contribution in [0, 0.1) is 19.7 Å². The van der Waals surface area contributed by atoms with Crippen molar-refractivity contribution < 1.29 is 4.39 Å². The van der Waals surface area contributed by atoms with E-state index in [2.05, 4.69) is 15.9 Å². The van der Waals surface area contributed by atoms with Crippen molar-refractivity contribution in [1.82, 2.24) is 0 Å². The van der Waals surface area contributed by atoms with E-state index in [0.29, 0.717) is 21.2 Å². The lowest BCUT2D eigenvalue weighted by molar-refractivity contribution is 0.608. The summed E-state index contributed by atoms with van der Waals surface area (Å²) in [4.78, 5) is -0.0414. The second kappa shape index (κ2) is 5.82. The van der Waals surface area contributed by atoms with E-state index < -0.39 is 0 Å². The van der Waals surface area contributed by atoms with Gasteiger partial charge in [-0.05, 0) is 48.2 Å². The summed E-state index contributed by atoms with van der Waals surface area (Å²) in [6, 6.07) is 9.16. The molecule has 0 nitrogen and oxygen atoms in total. The molecule has 0 aliphatic carbocycles. The minimum Gasteiger partial charge on any atom is -0.206 e. The maximum atomic E-state index is 13.6. The monoisotopic (exact) mass is 360 g/mol. The highest BCUT2D eigenvalue weighted by atomic mass is 79.9. The van der Waals surface area contributed by atoms with Crippen molar-refractivity contribution in [3.8, 4) is 0 Å². The molecule has 2 aromatic carbocycles. The summed E-state index contributed by atoms with van der Waals surface area (Å²) in [5.41, 5.74) is 3.26. The van der Waals surface area contributed by atoms with Crippen LogP contribution in [-0.4, -0.2) is 0 Å². The van der Waals surface area contributed by atoms with E-state index in [9.17, 15) is 4.39 Å². The van der Waals surface area contributed by atoms with E-state index in [-0.39, 0.29) is 10.6 Å². The van der Waals surface area contributed by atoms with Gasteiger partial charge in [-0.3, -0.25) is 0 Å². The highest BCUT2D eigenvalue weighted by molar-refractivity contribution is 9.09. The molecule has 0 amide bonds. The van der Waals surface area contributed by atoms with Crippen LogP contribution in [0.15, 0.2) is 30.3 Å². The largest absolute Gasteiger partial charge is 0.206 e. The van der Waals surface area contributed by atoms with Crippen molar-refractivity contribution in [2.45, 2.75) is 18.7 Å². The van der Waals surface area contributed by atoms with Gasteiger partial charge in [0, 0.05) is 0 Å². The quantitative estimate of drug-likeness (QED) is 0.556. The number of hydrogen-bond donors (Lipinski definition) is 0. The molecule has 4 heteroatoms. The van der Waals surface area contributed by atoms with Gasteiger partial charge < -0.3 is 0 Å². The van der Waals surface area contributed by atoms with Gasteiger partial charge in [0.25, 0.3) is 0 Å². The molecule has 2 rings (SSSR count). The first-order valence-corrected chi connectivity index (χ1v) is 7.43. The first kappa shape index (κ1) is 14.8. The summed E-state index contributed by atoms with van der Waals surface area (Å²) in [6.07, 6.45) is 0. The first-order chi connectivity index (χ1) is 8.90. The Kier molecular flexibility index (Phi) is 4.54. The average molecular weight is 362 g/mol. The third-order valence-corrected chi connectivity index (χ3v) is 4.78. The third kappa shape index (κ3) is 3.13. The second-order valence-corrected chi connectivity index (χ2v) is 6.23. The van der Waals surface area contributed by atoms with Crippen LogP contribution in [0.5, 0.6) is 0 Å². The summed E-state index contributed by atoms with van der Waals surface area (Å²) in [6.45, 7) is 3.53. The van der Waals surface area contributed by atoms with Gasteiger partial charge in [0.15, 0.2) is 0 Å². The Labute approximate surface area is 130 Å². The van der Waals surface area contributed by atoms with Crippen LogP contribution in [0.1, 0.15) is 27.1 Å². The topological polar surface area (TPSA) is 0 Å². The van der Waals surface area contributed by atoms with Gasteiger partial charge in [-0.15, -0.1) is 0 Å². The summed E-state index contributed by atoms with van der Waals surface area (Å²) in [5.74, 6) is -0.155. The lowest BCUT2D eigenvalue weighted by Gasteiger charge is -2.14. The summed E-state index contributed by atoms with van der Waals surface area (Å²) in [7, 11) is 0. The number of aryl methyl sites for hydroxylation is 2. The molecule has 0 aromatic heterocycles. The molecule has 0 N–H and O–H groups in total. The highest BCUT2D eigenvalue weighted by Gasteiger charge is 2.14. The molecule has 0 fully saturated rings. The Morgan fingerprint density at radius 2 is 1.53 bits per heavy atom. The molecule has 0 saturated carbocycles. The fourth-order valence-corrected chi connectivity index (χ4v) is 2.84. The summed E-state index contributed by atoms with van der Waals surface area (Å²) >= 11 is 15.5. The number of alkyl halides is 1. The van der Waals surface area contributed by atoms with Crippen LogP contribution in [-0.2, 0) is 0 Å². The van der Waals surface area contributed by atoms with Gasteiger partial charge in [-0.25, -0.2) is 4.39 Å². The van der Waals surface area contributed by atoms with Crippen LogP contribution in [0.2, 0.25) is 10.0 Å². The SMILES string of the molecule is Cc1cc(C(Br)c2ccc(Cl)c(Cl)c2)cc(C)c1F. The van der Waals surface area contributed by atoms with Gasteiger partial charge in [-0.1, -0.05) is 57.3 Å². The normalized spacial score (nSPS) is 12.5. The van der Waals surface area contributed by atoms with E-state index in [4.69, 9.17) is 23.2 Å². The zero-order valence-corrected chi connectivity index (χ0v) is 13.6. The maximum absolute atomic E-state index is 13.6. The Bertz CT molecular complexity index is 603. The molecular formula is C15H12BrCl2F. The molecule has 0 spiro atoms. The Morgan fingerprint density at radius 3 is 2.05 bits per heavy atom. The van der Waals surface area contributed by atoms with E-state index in [1.165, 1.54) is 0 Å². The summed E-state index contributed by atoms with van der Waals surface area (Å²) in [5, 5.41) is 1.04. The van der Waals surface area contributed by atoms with Gasteiger partial charge in [0.05, 0.1) is 14.9 Å². The van der Waals surface area contributed by atoms with Crippen LogP contribution < -0.4 is 0 Å². The van der Waals surface area contributed by atoms with E-state index >= 15 is 0 Å². The first-order valence-electron chi connectivity index (χ1n) is 5.76. The fraction of sp³-hybridized carbons (Fsp3) is 0.200. The van der Waals surface area contributed by atoms with Crippen molar-refractivity contribution in [2.24, 2.45) is 0 Å². The second-order valence-electron chi connectivity index (χ2n) is 4.50. The summed E-state index contributed by atoms with van der Waals surface area (Å²) < 4.78 is 13.6. The van der Waals surface area contributed by atoms with Crippen molar-refractivity contribution >= 4 is 39.1 Å². The zero-order chi connectivity index (χ0) is 14.2. The molecule has 1 atom stereocenters. The van der Waals surface area contributed by atoms with Gasteiger partial charge in [0.1, 0.15) is 5.82 Å². The van der Waals surface area contributed by atoms with Crippen molar-refractivity contribution in [3.05, 3.63) is 68.4 Å². The number of halogens is 4. The molecule has 0 bridgehead atoms. The minimum absolute atomic E-state index is 0.0414. The van der Waals surface area contributed by atoms with Gasteiger partial charge >= 0.3 is 0 Å². The molecule has 0 heterocycles. The van der Waals surface area contributed by atoms with Crippen molar-refractivity contribution in [3.63, 3.8) is 0 Å². The predicted molar refractivity (Wildman–Crippen MR) is 83.1 cm³/mol. The molecule has 0 saturated heterocycles. The van der Waals surface area contributed by atoms with Crippen LogP contribution >= 0.6 is 39.1 Å². The average Bonchev–Trinajstić information content (AvgIpc) is 2.37. The van der Waals surface area contributed by atoms with E-state index in [0.717, 1.165) is 11.1 Å². The van der Waals surface area contributed by atoms with Crippen LogP contribution in [0.3, 0.4) is 0 Å². The molecule has 0 aliphatic heterocycles. The van der Waals surface area contributed by atoms with Crippen LogP contribution in [0.25, 0.3) is 0 Å². The van der Waals surface area contributed by atoms with E-state index in [1.807, 2.05) is 24.3 Å². The Balaban J connectivity index is 2.43. The standard InChI is InChI=1S/C15H12BrCl2F/c1-8-5-11(6-9(2)15(8)19)14(16)10-3-4-12(17)13(18)7-10/h3-7,14H,1-2H3. The Morgan fingerprint density at radius 1 is 0.947 bits per heavy atom. The highest BCUT2D eigenvalue weighted by Crippen LogP contribution is 2.35. The predicted octanol–water partition coefficient (Wildman–Crippen LogP) is 6.23. The van der Waals surface area contributed by atoms with Crippen molar-refractivity contribution in [1.29, 1.82) is 0 Å². The molecule has 0 aliphatic rings. The molecular weight excluding hydrogens is 350 g/mol. The van der Waals surface area contributed by atoms with Gasteiger partial charge in [0.2, 0.25) is 0 Å². The Hall–Kier alpha value is -0.570. The number of hydrogen-bond acceptors (Lipinski definition) is 0. The lowest BCUT2D eigenvalue weighted by atomic mass is 10.00. The molecule has 100 valence electrons. The molecule has 19 heavy (non-hydrogen) atoms. The smallest absolute Gasteiger partial charge is 0.129 e.